The van der Waals surface area contributed by atoms with E-state index in [-0.39, 0.29) is 18.9 Å². The van der Waals surface area contributed by atoms with E-state index in [0.29, 0.717) is 6.42 Å². The summed E-state index contributed by atoms with van der Waals surface area (Å²) in [5.41, 5.74) is 0. The second kappa shape index (κ2) is 52.8. The van der Waals surface area contributed by atoms with E-state index in [2.05, 4.69) is 141 Å². The molecule has 1 rings (SSSR count). The quantitative estimate of drug-likeness (QED) is 0.0261. The van der Waals surface area contributed by atoms with Gasteiger partial charge < -0.3 is 40.3 Å². The summed E-state index contributed by atoms with van der Waals surface area (Å²) in [6, 6.07) is -0.864. The van der Waals surface area contributed by atoms with E-state index in [1.54, 1.807) is 6.08 Å². The van der Waals surface area contributed by atoms with E-state index in [9.17, 15) is 30.3 Å². The van der Waals surface area contributed by atoms with Crippen molar-refractivity contribution in [3.05, 3.63) is 134 Å². The first-order valence-corrected chi connectivity index (χ1v) is 29.4. The van der Waals surface area contributed by atoms with Gasteiger partial charge in [0.05, 0.1) is 25.4 Å². The van der Waals surface area contributed by atoms with Gasteiger partial charge in [0, 0.05) is 6.42 Å². The van der Waals surface area contributed by atoms with E-state index >= 15 is 0 Å². The van der Waals surface area contributed by atoms with Crippen LogP contribution in [-0.4, -0.2) is 87.5 Å². The Labute approximate surface area is 451 Å². The first-order valence-electron chi connectivity index (χ1n) is 29.4. The van der Waals surface area contributed by atoms with Crippen molar-refractivity contribution in [3.8, 4) is 0 Å². The van der Waals surface area contributed by atoms with Crippen molar-refractivity contribution in [1.29, 1.82) is 0 Å². The number of allylic oxidation sites excluding steroid dienone is 21. The predicted molar refractivity (Wildman–Crippen MR) is 313 cm³/mol. The molecule has 1 aliphatic heterocycles. The molecule has 1 aliphatic rings. The molecule has 0 aromatic carbocycles. The normalized spacial score (nSPS) is 20.0. The Bertz CT molecular complexity index is 1620. The van der Waals surface area contributed by atoms with Crippen LogP contribution in [0.2, 0.25) is 0 Å². The van der Waals surface area contributed by atoms with Crippen molar-refractivity contribution in [3.63, 3.8) is 0 Å². The van der Waals surface area contributed by atoms with Crippen molar-refractivity contribution in [1.82, 2.24) is 5.32 Å². The van der Waals surface area contributed by atoms with Crippen LogP contribution in [-0.2, 0) is 14.3 Å². The molecule has 0 radical (unpaired) electrons. The van der Waals surface area contributed by atoms with Crippen LogP contribution in [0.1, 0.15) is 213 Å². The average molecular weight is 1030 g/mol. The monoisotopic (exact) mass is 1030 g/mol. The number of unbranched alkanes of at least 4 members (excludes halogenated alkanes) is 18. The van der Waals surface area contributed by atoms with E-state index in [4.69, 9.17) is 9.47 Å². The van der Waals surface area contributed by atoms with Crippen molar-refractivity contribution in [2.24, 2.45) is 0 Å². The lowest BCUT2D eigenvalue weighted by Gasteiger charge is -2.40. The molecular formula is C65H107NO8. The van der Waals surface area contributed by atoms with Crippen LogP contribution >= 0.6 is 0 Å². The molecule has 7 unspecified atom stereocenters. The Balaban J connectivity index is 2.33. The molecule has 74 heavy (non-hydrogen) atoms. The van der Waals surface area contributed by atoms with Gasteiger partial charge in [-0.15, -0.1) is 0 Å². The summed E-state index contributed by atoms with van der Waals surface area (Å²) < 4.78 is 11.2. The van der Waals surface area contributed by atoms with Crippen LogP contribution in [0.15, 0.2) is 134 Å². The fraction of sp³-hybridized carbons (Fsp3) is 0.646. The van der Waals surface area contributed by atoms with E-state index in [1.807, 2.05) is 6.08 Å². The fourth-order valence-electron chi connectivity index (χ4n) is 8.35. The minimum Gasteiger partial charge on any atom is -0.394 e. The Morgan fingerprint density at radius 2 is 0.851 bits per heavy atom. The number of rotatable bonds is 48. The zero-order chi connectivity index (χ0) is 53.6. The number of amides is 1. The van der Waals surface area contributed by atoms with Gasteiger partial charge in [0.25, 0.3) is 0 Å². The summed E-state index contributed by atoms with van der Waals surface area (Å²) in [5, 5.41) is 54.5. The zero-order valence-electron chi connectivity index (χ0n) is 46.5. The molecular weight excluding hydrogens is 923 g/mol. The van der Waals surface area contributed by atoms with Crippen LogP contribution in [0.3, 0.4) is 0 Å². The minimum absolute atomic E-state index is 0.233. The lowest BCUT2D eigenvalue weighted by Crippen LogP contribution is -2.60. The van der Waals surface area contributed by atoms with Gasteiger partial charge in [0.2, 0.25) is 5.91 Å². The second-order valence-corrected chi connectivity index (χ2v) is 19.7. The van der Waals surface area contributed by atoms with Gasteiger partial charge >= 0.3 is 0 Å². The van der Waals surface area contributed by atoms with Gasteiger partial charge in [-0.1, -0.05) is 244 Å². The maximum Gasteiger partial charge on any atom is 0.220 e. The molecule has 0 bridgehead atoms. The fourth-order valence-corrected chi connectivity index (χ4v) is 8.35. The molecule has 0 saturated carbocycles. The van der Waals surface area contributed by atoms with Crippen molar-refractivity contribution >= 4 is 5.91 Å². The van der Waals surface area contributed by atoms with Gasteiger partial charge in [-0.3, -0.25) is 4.79 Å². The van der Waals surface area contributed by atoms with Crippen molar-refractivity contribution in [2.45, 2.75) is 256 Å². The van der Waals surface area contributed by atoms with Crippen molar-refractivity contribution in [2.75, 3.05) is 13.2 Å². The van der Waals surface area contributed by atoms with E-state index in [0.717, 1.165) is 83.5 Å². The highest BCUT2D eigenvalue weighted by molar-refractivity contribution is 5.76. The zero-order valence-corrected chi connectivity index (χ0v) is 46.5. The number of aliphatic hydroxyl groups excluding tert-OH is 5. The van der Waals surface area contributed by atoms with Crippen LogP contribution in [0.4, 0.5) is 0 Å². The van der Waals surface area contributed by atoms with Crippen LogP contribution in [0.5, 0.6) is 0 Å². The maximum absolute atomic E-state index is 13.0. The topological polar surface area (TPSA) is 149 Å². The standard InChI is InChI=1S/C65H107NO8/c1-3-5-7-9-11-13-15-17-19-21-23-25-27-28-29-30-31-32-33-35-37-39-41-43-45-47-49-51-53-55-61(69)66-58(57-73-65-64(72)63(71)62(70)60(56-67)74-65)59(68)54-52-50-48-46-44-42-40-38-36-34-26-24-22-20-18-16-14-12-10-8-6-4-2/h5,7,11,13,17,19,23,25,28-29,31-32,35,37,41,43-44,46-47,49,52,54,58-60,62-65,67-68,70-72H,3-4,6,8-10,12,14-16,18,20-22,24,26-27,30,33-34,36,38-40,42,45,48,50-51,53,55-57H2,1-2H3,(H,66,69)/b7-5-,13-11-,19-17-,25-23-,29-28-,32-31-,37-35-,43-41-,46-44+,49-47-,54-52+. The highest BCUT2D eigenvalue weighted by Crippen LogP contribution is 2.23. The predicted octanol–water partition coefficient (Wildman–Crippen LogP) is 14.9. The molecule has 9 heteroatoms. The number of hydrogen-bond acceptors (Lipinski definition) is 8. The molecule has 1 fully saturated rings. The van der Waals surface area contributed by atoms with Gasteiger partial charge in [-0.25, -0.2) is 0 Å². The molecule has 0 spiro atoms. The van der Waals surface area contributed by atoms with Crippen LogP contribution in [0.25, 0.3) is 0 Å². The molecule has 6 N–H and O–H groups in total. The number of carbonyl (C=O) groups excluding carboxylic acids is 1. The number of nitrogens with one attached hydrogen (secondary N) is 1. The average Bonchev–Trinajstić information content (AvgIpc) is 3.40. The number of aliphatic hydroxyl groups is 5. The van der Waals surface area contributed by atoms with Crippen LogP contribution in [0, 0.1) is 0 Å². The minimum atomic E-state index is -1.59. The number of ether oxygens (including phenoxy) is 2. The summed E-state index contributed by atoms with van der Waals surface area (Å²) in [5.74, 6) is -0.249. The van der Waals surface area contributed by atoms with Gasteiger partial charge in [0.15, 0.2) is 6.29 Å². The largest absolute Gasteiger partial charge is 0.394 e. The maximum atomic E-state index is 13.0. The molecule has 1 saturated heterocycles. The Kier molecular flexibility index (Phi) is 48.7. The third-order valence-electron chi connectivity index (χ3n) is 13.0. The van der Waals surface area contributed by atoms with E-state index in [1.165, 1.54) is 103 Å². The van der Waals surface area contributed by atoms with E-state index < -0.39 is 49.5 Å². The molecule has 0 aliphatic carbocycles. The Morgan fingerprint density at radius 3 is 1.30 bits per heavy atom. The molecule has 0 aromatic rings. The summed E-state index contributed by atoms with van der Waals surface area (Å²) in [7, 11) is 0. The summed E-state index contributed by atoms with van der Waals surface area (Å²) >= 11 is 0. The first-order chi connectivity index (χ1) is 36.3. The third-order valence-corrected chi connectivity index (χ3v) is 13.0. The van der Waals surface area contributed by atoms with Gasteiger partial charge in [0.1, 0.15) is 24.4 Å². The highest BCUT2D eigenvalue weighted by Gasteiger charge is 2.44. The van der Waals surface area contributed by atoms with Gasteiger partial charge in [-0.05, 0) is 96.3 Å². The molecule has 1 amide bonds. The third kappa shape index (κ3) is 41.6. The smallest absolute Gasteiger partial charge is 0.220 e. The van der Waals surface area contributed by atoms with Crippen LogP contribution < -0.4 is 5.32 Å². The lowest BCUT2D eigenvalue weighted by atomic mass is 9.99. The SMILES string of the molecule is CC/C=C\C/C=C\C/C=C\C/C=C\C/C=C\C/C=C\C/C=C\C/C=C\C/C=C\CCCC(=O)NC(COC1OC(CO)C(O)C(O)C1O)C(O)/C=C/CC/C=C/CCCCCCCCCCCCCCCCCC. The first kappa shape index (κ1) is 68.3. The summed E-state index contributed by atoms with van der Waals surface area (Å²) in [4.78, 5) is 13.0. The molecule has 420 valence electrons. The Morgan fingerprint density at radius 1 is 0.473 bits per heavy atom. The summed E-state index contributed by atoms with van der Waals surface area (Å²) in [6.07, 6.45) is 73.8. The highest BCUT2D eigenvalue weighted by atomic mass is 16.7. The number of hydrogen-bond donors (Lipinski definition) is 6. The lowest BCUT2D eigenvalue weighted by molar-refractivity contribution is -0.302. The molecule has 0 aromatic heterocycles. The molecule has 9 nitrogen and oxygen atoms in total. The van der Waals surface area contributed by atoms with Gasteiger partial charge in [-0.2, -0.15) is 0 Å². The number of carbonyl (C=O) groups is 1. The second-order valence-electron chi connectivity index (χ2n) is 19.7. The molecule has 1 heterocycles. The van der Waals surface area contributed by atoms with Crippen molar-refractivity contribution < 1.29 is 39.8 Å². The molecule has 7 atom stereocenters. The summed E-state index contributed by atoms with van der Waals surface area (Å²) in [6.45, 7) is 3.61. The Hall–Kier alpha value is -3.67.